The van der Waals surface area contributed by atoms with E-state index in [2.05, 4.69) is 169 Å². The molecule has 234 valence electrons. The van der Waals surface area contributed by atoms with Crippen LogP contribution in [-0.4, -0.2) is 0 Å². The Morgan fingerprint density at radius 2 is 1.10 bits per heavy atom. The van der Waals surface area contributed by atoms with Crippen LogP contribution in [0.15, 0.2) is 168 Å². The summed E-state index contributed by atoms with van der Waals surface area (Å²) in [4.78, 5) is 2.41. The Kier molecular flexibility index (Phi) is 6.03. The molecule has 3 heterocycles. The Morgan fingerprint density at radius 1 is 0.420 bits per heavy atom. The van der Waals surface area contributed by atoms with Crippen molar-refractivity contribution < 1.29 is 4.42 Å². The van der Waals surface area contributed by atoms with Crippen molar-refractivity contribution in [3.05, 3.63) is 164 Å². The molecule has 8 aromatic carbocycles. The van der Waals surface area contributed by atoms with Gasteiger partial charge in [-0.15, -0.1) is 22.7 Å². The van der Waals surface area contributed by atoms with E-state index in [0.29, 0.717) is 0 Å². The van der Waals surface area contributed by atoms with Gasteiger partial charge < -0.3 is 9.32 Å². The summed E-state index contributed by atoms with van der Waals surface area (Å²) in [6, 6.07) is 59.5. The number of hydrogen-bond donors (Lipinski definition) is 0. The molecule has 0 unspecified atom stereocenters. The lowest BCUT2D eigenvalue weighted by Crippen LogP contribution is -2.10. The Labute approximate surface area is 295 Å². The minimum absolute atomic E-state index is 0.883. The van der Waals surface area contributed by atoms with Crippen LogP contribution in [0.3, 0.4) is 0 Å². The third-order valence-electron chi connectivity index (χ3n) is 10.1. The van der Waals surface area contributed by atoms with Crippen molar-refractivity contribution in [1.29, 1.82) is 0 Å². The molecular formula is C46H27NOS2. The highest BCUT2D eigenvalue weighted by Gasteiger charge is 2.21. The molecule has 0 bridgehead atoms. The molecular weight excluding hydrogens is 647 g/mol. The van der Waals surface area contributed by atoms with Crippen molar-refractivity contribution >= 4 is 113 Å². The van der Waals surface area contributed by atoms with Crippen molar-refractivity contribution in [3.63, 3.8) is 0 Å². The first-order chi connectivity index (χ1) is 24.8. The summed E-state index contributed by atoms with van der Waals surface area (Å²) in [7, 11) is 0. The van der Waals surface area contributed by atoms with E-state index in [1.165, 1.54) is 56.9 Å². The van der Waals surface area contributed by atoms with Crippen LogP contribution in [0.2, 0.25) is 0 Å². The van der Waals surface area contributed by atoms with E-state index in [-0.39, 0.29) is 0 Å². The summed E-state index contributed by atoms with van der Waals surface area (Å²) in [6.07, 6.45) is 0. The van der Waals surface area contributed by atoms with E-state index in [1.807, 2.05) is 22.7 Å². The monoisotopic (exact) mass is 673 g/mol. The van der Waals surface area contributed by atoms with Gasteiger partial charge in [-0.05, 0) is 83.2 Å². The summed E-state index contributed by atoms with van der Waals surface area (Å²) >= 11 is 3.71. The molecule has 0 spiro atoms. The first-order valence-corrected chi connectivity index (χ1v) is 18.5. The molecule has 0 aliphatic carbocycles. The molecule has 2 nitrogen and oxygen atoms in total. The first kappa shape index (κ1) is 28.0. The second kappa shape index (κ2) is 10.8. The molecule has 0 aliphatic heterocycles. The lowest BCUT2D eigenvalue weighted by Gasteiger charge is -2.26. The smallest absolute Gasteiger partial charge is 0.143 e. The lowest BCUT2D eigenvalue weighted by atomic mass is 9.99. The van der Waals surface area contributed by atoms with E-state index in [9.17, 15) is 0 Å². The van der Waals surface area contributed by atoms with Crippen LogP contribution in [0, 0.1) is 0 Å². The summed E-state index contributed by atoms with van der Waals surface area (Å²) in [6.45, 7) is 0. The maximum absolute atomic E-state index is 6.67. The quantitative estimate of drug-likeness (QED) is 0.185. The van der Waals surface area contributed by atoms with Gasteiger partial charge in [0.15, 0.2) is 0 Å². The fourth-order valence-electron chi connectivity index (χ4n) is 7.81. The molecule has 50 heavy (non-hydrogen) atoms. The summed E-state index contributed by atoms with van der Waals surface area (Å²) in [5.74, 6) is 0. The van der Waals surface area contributed by atoms with Gasteiger partial charge in [0.25, 0.3) is 0 Å². The van der Waals surface area contributed by atoms with Gasteiger partial charge in [0.2, 0.25) is 0 Å². The maximum Gasteiger partial charge on any atom is 0.143 e. The second-order valence-corrected chi connectivity index (χ2v) is 15.0. The maximum atomic E-state index is 6.67. The van der Waals surface area contributed by atoms with Crippen LogP contribution < -0.4 is 4.90 Å². The molecule has 0 saturated carbocycles. The van der Waals surface area contributed by atoms with Gasteiger partial charge in [-0.2, -0.15) is 0 Å². The summed E-state index contributed by atoms with van der Waals surface area (Å²) in [5, 5.41) is 9.75. The van der Waals surface area contributed by atoms with Crippen LogP contribution >= 0.6 is 22.7 Å². The highest BCUT2D eigenvalue weighted by molar-refractivity contribution is 7.26. The Morgan fingerprint density at radius 3 is 1.98 bits per heavy atom. The number of furan rings is 1. The second-order valence-electron chi connectivity index (χ2n) is 12.9. The minimum atomic E-state index is 0.883. The Bertz CT molecular complexity index is 3110. The van der Waals surface area contributed by atoms with Crippen molar-refractivity contribution in [1.82, 2.24) is 0 Å². The zero-order chi connectivity index (χ0) is 32.8. The van der Waals surface area contributed by atoms with Crippen LogP contribution in [-0.2, 0) is 0 Å². The van der Waals surface area contributed by atoms with Crippen molar-refractivity contribution in [2.45, 2.75) is 0 Å². The number of rotatable bonds is 4. The summed E-state index contributed by atoms with van der Waals surface area (Å²) < 4.78 is 11.9. The fraction of sp³-hybridized carbons (Fsp3) is 0. The molecule has 0 saturated heterocycles. The number of nitrogens with zero attached hydrogens (tertiary/aromatic N) is 1. The molecule has 0 N–H and O–H groups in total. The van der Waals surface area contributed by atoms with Crippen LogP contribution in [0.25, 0.3) is 84.2 Å². The molecule has 11 aromatic rings. The Hall–Kier alpha value is -5.94. The lowest BCUT2D eigenvalue weighted by molar-refractivity contribution is 0.672. The average molecular weight is 674 g/mol. The topological polar surface area (TPSA) is 16.4 Å². The number of benzene rings is 8. The third-order valence-corrected chi connectivity index (χ3v) is 12.4. The van der Waals surface area contributed by atoms with Crippen molar-refractivity contribution in [3.8, 4) is 11.1 Å². The minimum Gasteiger partial charge on any atom is -0.455 e. The highest BCUT2D eigenvalue weighted by Crippen LogP contribution is 2.47. The largest absolute Gasteiger partial charge is 0.455 e. The van der Waals surface area contributed by atoms with Crippen LogP contribution in [0.5, 0.6) is 0 Å². The van der Waals surface area contributed by atoms with E-state index >= 15 is 0 Å². The number of fused-ring (bicyclic) bond motifs is 11. The van der Waals surface area contributed by atoms with E-state index in [4.69, 9.17) is 4.42 Å². The predicted molar refractivity (Wildman–Crippen MR) is 217 cm³/mol. The van der Waals surface area contributed by atoms with E-state index in [1.54, 1.807) is 0 Å². The van der Waals surface area contributed by atoms with Gasteiger partial charge >= 0.3 is 0 Å². The molecule has 11 rings (SSSR count). The molecule has 4 heteroatoms. The van der Waals surface area contributed by atoms with Gasteiger partial charge in [0.1, 0.15) is 11.2 Å². The molecule has 0 radical (unpaired) electrons. The Balaban J connectivity index is 1.15. The van der Waals surface area contributed by atoms with Gasteiger partial charge in [-0.1, -0.05) is 97.1 Å². The SMILES string of the molecule is c1ccc2c(c1)ccc1c2oc2cccc(N(c3ccc(-c4cccc5sc6ccccc6c45)cc3)c3ccc4sc5ccccc5c4c3)c21. The highest BCUT2D eigenvalue weighted by atomic mass is 32.1. The third kappa shape index (κ3) is 4.13. The zero-order valence-electron chi connectivity index (χ0n) is 26.8. The molecule has 0 fully saturated rings. The van der Waals surface area contributed by atoms with Gasteiger partial charge in [0.05, 0.1) is 11.1 Å². The van der Waals surface area contributed by atoms with E-state index in [0.717, 1.165) is 44.4 Å². The molecule has 0 atom stereocenters. The number of thiophene rings is 2. The van der Waals surface area contributed by atoms with Crippen molar-refractivity contribution in [2.75, 3.05) is 4.90 Å². The summed E-state index contributed by atoms with van der Waals surface area (Å²) in [5.41, 5.74) is 7.58. The zero-order valence-corrected chi connectivity index (χ0v) is 28.4. The van der Waals surface area contributed by atoms with Crippen molar-refractivity contribution in [2.24, 2.45) is 0 Å². The normalized spacial score (nSPS) is 12.0. The van der Waals surface area contributed by atoms with Crippen LogP contribution in [0.1, 0.15) is 0 Å². The standard InChI is InChI=1S/C46H27NOS2/c1-2-10-33-28(9-1)21-25-36-45-38(14-8-15-39(45)48-46(33)36)47(31-24-26-42-37(27-31)34-11-3-5-16-40(34)49-42)30-22-19-29(20-23-30)32-13-7-18-43-44(32)35-12-4-6-17-41(35)50-43/h1-27H. The fourth-order valence-corrected chi connectivity index (χ4v) is 10.0. The molecule has 3 aromatic heterocycles. The first-order valence-electron chi connectivity index (χ1n) is 16.8. The number of hydrogen-bond acceptors (Lipinski definition) is 4. The predicted octanol–water partition coefficient (Wildman–Crippen LogP) is 14.6. The average Bonchev–Trinajstić information content (AvgIpc) is 3.87. The number of anilines is 3. The molecule has 0 amide bonds. The van der Waals surface area contributed by atoms with Gasteiger partial charge in [0, 0.05) is 62.5 Å². The van der Waals surface area contributed by atoms with E-state index < -0.39 is 0 Å². The van der Waals surface area contributed by atoms with Gasteiger partial charge in [-0.25, -0.2) is 0 Å². The van der Waals surface area contributed by atoms with Crippen LogP contribution in [0.4, 0.5) is 17.1 Å². The van der Waals surface area contributed by atoms with Gasteiger partial charge in [-0.3, -0.25) is 0 Å². The molecule has 0 aliphatic rings.